The Morgan fingerprint density at radius 2 is 2.14 bits per heavy atom. The average molecular weight is 195 g/mol. The number of carboxylic acids is 1. The lowest BCUT2D eigenvalue weighted by Gasteiger charge is -2.25. The number of hydrogen-bond acceptors (Lipinski definition) is 2. The molecule has 1 aliphatic carbocycles. The Kier molecular flexibility index (Phi) is 2.27. The summed E-state index contributed by atoms with van der Waals surface area (Å²) in [6, 6.07) is 0. The van der Waals surface area contributed by atoms with Crippen molar-refractivity contribution in [1.82, 2.24) is 4.90 Å². The zero-order valence-electron chi connectivity index (χ0n) is 7.90. The summed E-state index contributed by atoms with van der Waals surface area (Å²) in [5.41, 5.74) is 0.352. The highest BCUT2D eigenvalue weighted by molar-refractivity contribution is 5.89. The van der Waals surface area contributed by atoms with Crippen LogP contribution < -0.4 is 0 Å². The highest BCUT2D eigenvalue weighted by Crippen LogP contribution is 2.31. The van der Waals surface area contributed by atoms with E-state index in [4.69, 9.17) is 5.11 Å². The van der Waals surface area contributed by atoms with Crippen LogP contribution in [0.2, 0.25) is 0 Å². The standard InChI is InChI=1S/C10H13NO3/c12-9(7-3-4-7)11-5-1-2-8(6-11)10(13)14/h2,7H,1,3-6H2,(H,13,14). The van der Waals surface area contributed by atoms with Crippen LogP contribution >= 0.6 is 0 Å². The summed E-state index contributed by atoms with van der Waals surface area (Å²) in [7, 11) is 0. The molecule has 0 radical (unpaired) electrons. The van der Waals surface area contributed by atoms with Gasteiger partial charge in [-0.1, -0.05) is 6.08 Å². The summed E-state index contributed by atoms with van der Waals surface area (Å²) in [5.74, 6) is -0.585. The molecule has 76 valence electrons. The monoisotopic (exact) mass is 195 g/mol. The molecule has 2 aliphatic rings. The van der Waals surface area contributed by atoms with Gasteiger partial charge in [0.15, 0.2) is 0 Å². The van der Waals surface area contributed by atoms with Crippen molar-refractivity contribution < 1.29 is 14.7 Å². The van der Waals surface area contributed by atoms with Crippen LogP contribution in [-0.4, -0.2) is 35.0 Å². The first kappa shape index (κ1) is 9.24. The van der Waals surface area contributed by atoms with Gasteiger partial charge in [0, 0.05) is 12.5 Å². The van der Waals surface area contributed by atoms with E-state index in [1.807, 2.05) is 0 Å². The number of carbonyl (C=O) groups is 2. The summed E-state index contributed by atoms with van der Waals surface area (Å²) in [6.07, 6.45) is 4.32. The second-order valence-electron chi connectivity index (χ2n) is 3.86. The smallest absolute Gasteiger partial charge is 0.333 e. The molecule has 1 fully saturated rings. The molecule has 1 heterocycles. The second kappa shape index (κ2) is 3.44. The van der Waals surface area contributed by atoms with E-state index in [2.05, 4.69) is 0 Å². The van der Waals surface area contributed by atoms with Crippen LogP contribution in [0.3, 0.4) is 0 Å². The first-order chi connectivity index (χ1) is 6.68. The Bertz CT molecular complexity index is 304. The fourth-order valence-electron chi connectivity index (χ4n) is 1.68. The van der Waals surface area contributed by atoms with Gasteiger partial charge >= 0.3 is 5.97 Å². The second-order valence-corrected chi connectivity index (χ2v) is 3.86. The number of nitrogens with zero attached hydrogens (tertiary/aromatic N) is 1. The van der Waals surface area contributed by atoms with Crippen molar-refractivity contribution in [3.05, 3.63) is 11.6 Å². The highest BCUT2D eigenvalue weighted by atomic mass is 16.4. The summed E-state index contributed by atoms with van der Waals surface area (Å²) in [4.78, 5) is 24.0. The van der Waals surface area contributed by atoms with E-state index in [0.717, 1.165) is 12.8 Å². The van der Waals surface area contributed by atoms with E-state index in [0.29, 0.717) is 18.5 Å². The van der Waals surface area contributed by atoms with Crippen molar-refractivity contribution in [2.45, 2.75) is 19.3 Å². The molecular formula is C10H13NO3. The van der Waals surface area contributed by atoms with Crippen molar-refractivity contribution in [3.63, 3.8) is 0 Å². The van der Waals surface area contributed by atoms with Gasteiger partial charge in [-0.2, -0.15) is 0 Å². The summed E-state index contributed by atoms with van der Waals surface area (Å²) < 4.78 is 0. The van der Waals surface area contributed by atoms with Gasteiger partial charge in [-0.3, -0.25) is 4.79 Å². The molecule has 0 aromatic carbocycles. The van der Waals surface area contributed by atoms with Crippen molar-refractivity contribution in [2.24, 2.45) is 5.92 Å². The van der Waals surface area contributed by atoms with Gasteiger partial charge in [-0.15, -0.1) is 0 Å². The van der Waals surface area contributed by atoms with Crippen molar-refractivity contribution >= 4 is 11.9 Å². The van der Waals surface area contributed by atoms with Gasteiger partial charge in [0.25, 0.3) is 0 Å². The maximum absolute atomic E-state index is 11.6. The maximum Gasteiger partial charge on any atom is 0.333 e. The number of hydrogen-bond donors (Lipinski definition) is 1. The van der Waals surface area contributed by atoms with Crippen molar-refractivity contribution in [3.8, 4) is 0 Å². The van der Waals surface area contributed by atoms with Crippen molar-refractivity contribution in [1.29, 1.82) is 0 Å². The number of rotatable bonds is 2. The lowest BCUT2D eigenvalue weighted by molar-refractivity contribution is -0.135. The van der Waals surface area contributed by atoms with E-state index >= 15 is 0 Å². The summed E-state index contributed by atoms with van der Waals surface area (Å²) in [6.45, 7) is 0.955. The molecule has 0 atom stereocenters. The largest absolute Gasteiger partial charge is 0.478 e. The molecule has 1 aliphatic heterocycles. The van der Waals surface area contributed by atoms with Crippen LogP contribution in [0.5, 0.6) is 0 Å². The first-order valence-corrected chi connectivity index (χ1v) is 4.89. The molecule has 0 aromatic rings. The minimum atomic E-state index is -0.904. The Morgan fingerprint density at radius 3 is 2.71 bits per heavy atom. The summed E-state index contributed by atoms with van der Waals surface area (Å²) in [5, 5.41) is 8.79. The normalized spacial score (nSPS) is 21.7. The lowest BCUT2D eigenvalue weighted by atomic mass is 10.1. The topological polar surface area (TPSA) is 57.6 Å². The third-order valence-corrected chi connectivity index (χ3v) is 2.66. The van der Waals surface area contributed by atoms with E-state index < -0.39 is 5.97 Å². The van der Waals surface area contributed by atoms with Gasteiger partial charge in [0.1, 0.15) is 0 Å². The van der Waals surface area contributed by atoms with Crippen LogP contribution in [0, 0.1) is 5.92 Å². The molecule has 1 N–H and O–H groups in total. The van der Waals surface area contributed by atoms with Crippen LogP contribution in [0.4, 0.5) is 0 Å². The Balaban J connectivity index is 1.99. The zero-order chi connectivity index (χ0) is 10.1. The van der Waals surface area contributed by atoms with Gasteiger partial charge in [0.05, 0.1) is 12.1 Å². The van der Waals surface area contributed by atoms with Gasteiger partial charge in [-0.05, 0) is 19.3 Å². The van der Waals surface area contributed by atoms with Crippen LogP contribution in [0.15, 0.2) is 11.6 Å². The van der Waals surface area contributed by atoms with E-state index in [1.54, 1.807) is 11.0 Å². The highest BCUT2D eigenvalue weighted by Gasteiger charge is 2.34. The molecule has 1 saturated carbocycles. The minimum Gasteiger partial charge on any atom is -0.478 e. The maximum atomic E-state index is 11.6. The predicted molar refractivity (Wildman–Crippen MR) is 49.6 cm³/mol. The van der Waals surface area contributed by atoms with E-state index in [-0.39, 0.29) is 18.4 Å². The average Bonchev–Trinajstić information content (AvgIpc) is 3.00. The van der Waals surface area contributed by atoms with Gasteiger partial charge < -0.3 is 10.0 Å². The first-order valence-electron chi connectivity index (χ1n) is 4.89. The molecule has 1 amide bonds. The molecule has 2 rings (SSSR count). The van der Waals surface area contributed by atoms with Gasteiger partial charge in [-0.25, -0.2) is 4.79 Å². The third-order valence-electron chi connectivity index (χ3n) is 2.66. The zero-order valence-corrected chi connectivity index (χ0v) is 7.90. The molecular weight excluding hydrogens is 182 g/mol. The fraction of sp³-hybridized carbons (Fsp3) is 0.600. The SMILES string of the molecule is O=C(O)C1=CCCN(C(=O)C2CC2)C1. The summed E-state index contributed by atoms with van der Waals surface area (Å²) >= 11 is 0. The number of aliphatic carboxylic acids is 1. The molecule has 4 nitrogen and oxygen atoms in total. The Labute approximate surface area is 82.2 Å². The lowest BCUT2D eigenvalue weighted by Crippen LogP contribution is -2.38. The number of carbonyl (C=O) groups excluding carboxylic acids is 1. The Hall–Kier alpha value is -1.32. The predicted octanol–water partition coefficient (Wildman–Crippen LogP) is 0.640. The quantitative estimate of drug-likeness (QED) is 0.703. The Morgan fingerprint density at radius 1 is 1.43 bits per heavy atom. The molecule has 14 heavy (non-hydrogen) atoms. The van der Waals surface area contributed by atoms with Crippen molar-refractivity contribution in [2.75, 3.05) is 13.1 Å². The van der Waals surface area contributed by atoms with E-state index in [9.17, 15) is 9.59 Å². The molecule has 0 unspecified atom stereocenters. The van der Waals surface area contributed by atoms with Crippen LogP contribution in [0.25, 0.3) is 0 Å². The molecule has 0 spiro atoms. The molecule has 4 heteroatoms. The van der Waals surface area contributed by atoms with Crippen LogP contribution in [0.1, 0.15) is 19.3 Å². The fourth-order valence-corrected chi connectivity index (χ4v) is 1.68. The van der Waals surface area contributed by atoms with Crippen LogP contribution in [-0.2, 0) is 9.59 Å². The minimum absolute atomic E-state index is 0.136. The molecule has 0 saturated heterocycles. The van der Waals surface area contributed by atoms with Gasteiger partial charge in [0.2, 0.25) is 5.91 Å². The number of carboxylic acid groups (broad SMARTS) is 1. The third kappa shape index (κ3) is 1.78. The number of amides is 1. The van der Waals surface area contributed by atoms with E-state index in [1.165, 1.54) is 0 Å². The molecule has 0 aromatic heterocycles. The molecule has 0 bridgehead atoms.